The zero-order chi connectivity index (χ0) is 10.9. The molecule has 0 fully saturated rings. The van der Waals surface area contributed by atoms with Gasteiger partial charge in [0.25, 0.3) is 0 Å². The minimum absolute atomic E-state index is 0.108. The largest absolute Gasteiger partial charge is 0.507 e. The first kappa shape index (κ1) is 9.77. The summed E-state index contributed by atoms with van der Waals surface area (Å²) < 4.78 is 5.05. The van der Waals surface area contributed by atoms with E-state index < -0.39 is 0 Å². The number of hydrogen-bond acceptors (Lipinski definition) is 3. The average molecular weight is 203 g/mol. The van der Waals surface area contributed by atoms with Crippen LogP contribution in [-0.4, -0.2) is 10.3 Å². The molecule has 0 atom stereocenters. The Balaban J connectivity index is 2.49. The van der Waals surface area contributed by atoms with Gasteiger partial charge in [-0.25, -0.2) is 0 Å². The standard InChI is InChI=1S/C12H13NO2/c1-12(2)6-3-4-10(14)9(8-12)11-5-7-13-15-11/h3-8,14H,1-2H3. The SMILES string of the molecule is CC1(C)C=CC=C(O)C(c2ccno2)=C1. The summed E-state index contributed by atoms with van der Waals surface area (Å²) in [7, 11) is 0. The van der Waals surface area contributed by atoms with Gasteiger partial charge in [-0.2, -0.15) is 0 Å². The second-order valence-corrected chi connectivity index (χ2v) is 4.17. The Hall–Kier alpha value is -1.77. The van der Waals surface area contributed by atoms with E-state index in [1.807, 2.05) is 18.2 Å². The number of rotatable bonds is 1. The van der Waals surface area contributed by atoms with Gasteiger partial charge < -0.3 is 9.63 Å². The Bertz CT molecular complexity index is 436. The molecular weight excluding hydrogens is 190 g/mol. The third-order valence-corrected chi connectivity index (χ3v) is 2.28. The molecule has 78 valence electrons. The van der Waals surface area contributed by atoms with Crippen molar-refractivity contribution < 1.29 is 9.63 Å². The maximum absolute atomic E-state index is 9.81. The van der Waals surface area contributed by atoms with Crippen molar-refractivity contribution in [2.24, 2.45) is 5.41 Å². The molecule has 2 rings (SSSR count). The Kier molecular flexibility index (Phi) is 2.23. The molecule has 0 aliphatic heterocycles. The van der Waals surface area contributed by atoms with E-state index in [0.29, 0.717) is 11.3 Å². The number of nitrogens with zero attached hydrogens (tertiary/aromatic N) is 1. The molecule has 0 amide bonds. The molecule has 0 aromatic carbocycles. The molecule has 15 heavy (non-hydrogen) atoms. The number of hydrogen-bond donors (Lipinski definition) is 1. The normalized spacial score (nSPS) is 19.3. The molecule has 0 saturated heterocycles. The summed E-state index contributed by atoms with van der Waals surface area (Å²) in [5.74, 6) is 0.786. The highest BCUT2D eigenvalue weighted by Gasteiger charge is 2.19. The lowest BCUT2D eigenvalue weighted by Gasteiger charge is -2.14. The minimum Gasteiger partial charge on any atom is -0.507 e. The zero-order valence-electron chi connectivity index (χ0n) is 8.77. The molecule has 1 aromatic rings. The van der Waals surface area contributed by atoms with Gasteiger partial charge in [0.1, 0.15) is 5.76 Å². The molecule has 0 bridgehead atoms. The van der Waals surface area contributed by atoms with Gasteiger partial charge in [-0.15, -0.1) is 0 Å². The van der Waals surface area contributed by atoms with Crippen molar-refractivity contribution in [2.75, 3.05) is 0 Å². The lowest BCUT2D eigenvalue weighted by molar-refractivity contribution is 0.396. The maximum Gasteiger partial charge on any atom is 0.170 e. The first-order valence-corrected chi connectivity index (χ1v) is 4.81. The monoisotopic (exact) mass is 203 g/mol. The van der Waals surface area contributed by atoms with Crippen LogP contribution in [0.3, 0.4) is 0 Å². The minimum atomic E-state index is -0.108. The van der Waals surface area contributed by atoms with E-state index >= 15 is 0 Å². The lowest BCUT2D eigenvalue weighted by Crippen LogP contribution is -2.03. The predicted molar refractivity (Wildman–Crippen MR) is 58.1 cm³/mol. The third kappa shape index (κ3) is 2.01. The topological polar surface area (TPSA) is 46.3 Å². The fourth-order valence-electron chi connectivity index (χ4n) is 1.52. The van der Waals surface area contributed by atoms with Crippen LogP contribution in [0.25, 0.3) is 5.57 Å². The molecule has 1 aliphatic carbocycles. The molecule has 1 heterocycles. The van der Waals surface area contributed by atoms with Crippen molar-refractivity contribution in [1.29, 1.82) is 0 Å². The number of aromatic nitrogens is 1. The molecule has 3 nitrogen and oxygen atoms in total. The summed E-state index contributed by atoms with van der Waals surface area (Å²) in [6, 6.07) is 1.73. The molecule has 0 spiro atoms. The molecule has 0 unspecified atom stereocenters. The van der Waals surface area contributed by atoms with Gasteiger partial charge in [-0.3, -0.25) is 0 Å². The Morgan fingerprint density at radius 2 is 2.20 bits per heavy atom. The molecular formula is C12H13NO2. The zero-order valence-corrected chi connectivity index (χ0v) is 8.77. The van der Waals surface area contributed by atoms with Crippen molar-refractivity contribution >= 4 is 5.57 Å². The van der Waals surface area contributed by atoms with Gasteiger partial charge >= 0.3 is 0 Å². The highest BCUT2D eigenvalue weighted by molar-refractivity contribution is 5.75. The van der Waals surface area contributed by atoms with Crippen LogP contribution in [0.15, 0.2) is 46.8 Å². The van der Waals surface area contributed by atoms with E-state index in [2.05, 4.69) is 19.0 Å². The Morgan fingerprint density at radius 3 is 2.87 bits per heavy atom. The first-order chi connectivity index (χ1) is 7.08. The molecule has 0 saturated carbocycles. The van der Waals surface area contributed by atoms with Crippen molar-refractivity contribution in [1.82, 2.24) is 5.16 Å². The van der Waals surface area contributed by atoms with Crippen molar-refractivity contribution in [3.05, 3.63) is 48.1 Å². The first-order valence-electron chi connectivity index (χ1n) is 4.81. The van der Waals surface area contributed by atoms with E-state index in [-0.39, 0.29) is 11.2 Å². The predicted octanol–water partition coefficient (Wildman–Crippen LogP) is 3.10. The molecule has 1 aliphatic rings. The second-order valence-electron chi connectivity index (χ2n) is 4.17. The fourth-order valence-corrected chi connectivity index (χ4v) is 1.52. The summed E-state index contributed by atoms with van der Waals surface area (Å²) in [5.41, 5.74) is 0.575. The second kappa shape index (κ2) is 3.42. The number of aliphatic hydroxyl groups excluding tert-OH is 1. The van der Waals surface area contributed by atoms with Crippen LogP contribution in [0.1, 0.15) is 19.6 Å². The highest BCUT2D eigenvalue weighted by Crippen LogP contribution is 2.31. The summed E-state index contributed by atoms with van der Waals surface area (Å²) in [5, 5.41) is 13.4. The van der Waals surface area contributed by atoms with Crippen LogP contribution >= 0.6 is 0 Å². The summed E-state index contributed by atoms with van der Waals surface area (Å²) in [6.45, 7) is 4.12. The van der Waals surface area contributed by atoms with Gasteiger partial charge in [0, 0.05) is 11.5 Å². The van der Waals surface area contributed by atoms with Crippen molar-refractivity contribution in [3.8, 4) is 0 Å². The Labute approximate surface area is 88.4 Å². The van der Waals surface area contributed by atoms with Crippen LogP contribution in [0, 0.1) is 5.41 Å². The van der Waals surface area contributed by atoms with Crippen molar-refractivity contribution in [3.63, 3.8) is 0 Å². The smallest absolute Gasteiger partial charge is 0.170 e. The molecule has 3 heteroatoms. The van der Waals surface area contributed by atoms with E-state index in [9.17, 15) is 5.11 Å². The summed E-state index contributed by atoms with van der Waals surface area (Å²) in [4.78, 5) is 0. The van der Waals surface area contributed by atoms with Crippen LogP contribution in [0.4, 0.5) is 0 Å². The van der Waals surface area contributed by atoms with E-state index in [1.165, 1.54) is 0 Å². The maximum atomic E-state index is 9.81. The summed E-state index contributed by atoms with van der Waals surface area (Å²) >= 11 is 0. The van der Waals surface area contributed by atoms with Crippen LogP contribution in [0.2, 0.25) is 0 Å². The summed E-state index contributed by atoms with van der Waals surface area (Å²) in [6.07, 6.45) is 9.04. The van der Waals surface area contributed by atoms with E-state index in [1.54, 1.807) is 18.3 Å². The fraction of sp³-hybridized carbons (Fsp3) is 0.250. The number of allylic oxidation sites excluding steroid dienone is 5. The Morgan fingerprint density at radius 1 is 1.40 bits per heavy atom. The van der Waals surface area contributed by atoms with Crippen LogP contribution in [0.5, 0.6) is 0 Å². The molecule has 1 aromatic heterocycles. The van der Waals surface area contributed by atoms with E-state index in [0.717, 1.165) is 0 Å². The third-order valence-electron chi connectivity index (χ3n) is 2.28. The van der Waals surface area contributed by atoms with Gasteiger partial charge in [0.05, 0.1) is 11.8 Å². The van der Waals surface area contributed by atoms with Crippen molar-refractivity contribution in [2.45, 2.75) is 13.8 Å². The van der Waals surface area contributed by atoms with Gasteiger partial charge in [-0.1, -0.05) is 37.2 Å². The molecule has 1 N–H and O–H groups in total. The van der Waals surface area contributed by atoms with Gasteiger partial charge in [0.15, 0.2) is 5.76 Å². The average Bonchev–Trinajstić information content (AvgIpc) is 2.62. The van der Waals surface area contributed by atoms with Gasteiger partial charge in [0.2, 0.25) is 0 Å². The molecule has 0 radical (unpaired) electrons. The lowest BCUT2D eigenvalue weighted by atomic mass is 9.90. The van der Waals surface area contributed by atoms with Crippen LogP contribution < -0.4 is 0 Å². The van der Waals surface area contributed by atoms with Gasteiger partial charge in [-0.05, 0) is 6.08 Å². The van der Waals surface area contributed by atoms with E-state index in [4.69, 9.17) is 4.52 Å². The highest BCUT2D eigenvalue weighted by atomic mass is 16.5. The number of aliphatic hydroxyl groups is 1. The van der Waals surface area contributed by atoms with Crippen LogP contribution in [-0.2, 0) is 0 Å². The quantitative estimate of drug-likeness (QED) is 0.762.